The van der Waals surface area contributed by atoms with Gasteiger partial charge in [-0.15, -0.1) is 5.10 Å². The highest BCUT2D eigenvalue weighted by Crippen LogP contribution is 2.31. The molecule has 9 heteroatoms. The van der Waals surface area contributed by atoms with Crippen LogP contribution in [0.1, 0.15) is 25.8 Å². The van der Waals surface area contributed by atoms with E-state index in [4.69, 9.17) is 11.6 Å². The molecule has 2 heterocycles. The molecule has 28 heavy (non-hydrogen) atoms. The SMILES string of the molecule is CC(C)CCn1nc(-c2ccncc2Cl)n(-c2ccc(C(F)(F)F)cc2)c1=O. The van der Waals surface area contributed by atoms with Crippen LogP contribution in [0.2, 0.25) is 5.02 Å². The van der Waals surface area contributed by atoms with Crippen LogP contribution in [0.15, 0.2) is 47.5 Å². The summed E-state index contributed by atoms with van der Waals surface area (Å²) in [4.78, 5) is 16.9. The summed E-state index contributed by atoms with van der Waals surface area (Å²) in [6.07, 6.45) is -0.795. The molecule has 3 aromatic rings. The topological polar surface area (TPSA) is 52.7 Å². The van der Waals surface area contributed by atoms with Crippen LogP contribution < -0.4 is 5.69 Å². The Morgan fingerprint density at radius 2 is 1.82 bits per heavy atom. The molecule has 0 aliphatic rings. The van der Waals surface area contributed by atoms with Crippen LogP contribution in [-0.4, -0.2) is 19.3 Å². The fourth-order valence-electron chi connectivity index (χ4n) is 2.70. The molecule has 0 aliphatic heterocycles. The number of aromatic nitrogens is 4. The predicted molar refractivity (Wildman–Crippen MR) is 101 cm³/mol. The number of pyridine rings is 1. The van der Waals surface area contributed by atoms with Gasteiger partial charge in [-0.1, -0.05) is 25.4 Å². The van der Waals surface area contributed by atoms with E-state index in [0.29, 0.717) is 18.0 Å². The van der Waals surface area contributed by atoms with Crippen LogP contribution in [0.25, 0.3) is 17.1 Å². The number of nitrogens with zero attached hydrogens (tertiary/aromatic N) is 4. The van der Waals surface area contributed by atoms with Crippen LogP contribution in [0.5, 0.6) is 0 Å². The van der Waals surface area contributed by atoms with Crippen molar-refractivity contribution in [3.8, 4) is 17.1 Å². The molecule has 0 fully saturated rings. The van der Waals surface area contributed by atoms with E-state index in [1.54, 1.807) is 6.07 Å². The van der Waals surface area contributed by atoms with Crippen LogP contribution in [-0.2, 0) is 12.7 Å². The summed E-state index contributed by atoms with van der Waals surface area (Å²) < 4.78 is 41.2. The van der Waals surface area contributed by atoms with Crippen molar-refractivity contribution >= 4 is 11.6 Å². The third-order valence-electron chi connectivity index (χ3n) is 4.22. The molecule has 0 atom stereocenters. The van der Waals surface area contributed by atoms with E-state index in [9.17, 15) is 18.0 Å². The Bertz CT molecular complexity index is 1020. The highest BCUT2D eigenvalue weighted by Gasteiger charge is 2.30. The van der Waals surface area contributed by atoms with Crippen molar-refractivity contribution in [2.75, 3.05) is 0 Å². The number of halogens is 4. The maximum absolute atomic E-state index is 13.0. The zero-order chi connectivity index (χ0) is 20.5. The van der Waals surface area contributed by atoms with Crippen molar-refractivity contribution < 1.29 is 13.2 Å². The maximum atomic E-state index is 13.0. The van der Waals surface area contributed by atoms with Gasteiger partial charge in [-0.25, -0.2) is 14.0 Å². The average Bonchev–Trinajstić information content (AvgIpc) is 2.96. The van der Waals surface area contributed by atoms with Crippen LogP contribution in [0.4, 0.5) is 13.2 Å². The summed E-state index contributed by atoms with van der Waals surface area (Å²) in [6, 6.07) is 5.97. The number of hydrogen-bond donors (Lipinski definition) is 0. The Labute approximate surface area is 164 Å². The van der Waals surface area contributed by atoms with E-state index >= 15 is 0 Å². The highest BCUT2D eigenvalue weighted by molar-refractivity contribution is 6.33. The van der Waals surface area contributed by atoms with Crippen molar-refractivity contribution in [3.05, 3.63) is 63.8 Å². The number of rotatable bonds is 5. The molecule has 0 bridgehead atoms. The Hall–Kier alpha value is -2.61. The Morgan fingerprint density at radius 3 is 2.39 bits per heavy atom. The minimum atomic E-state index is -4.46. The third-order valence-corrected chi connectivity index (χ3v) is 4.52. The Kier molecular flexibility index (Phi) is 5.60. The molecule has 0 radical (unpaired) electrons. The molecule has 5 nitrogen and oxygen atoms in total. The van der Waals surface area contributed by atoms with E-state index in [2.05, 4.69) is 10.1 Å². The second kappa shape index (κ2) is 7.79. The number of aryl methyl sites for hydroxylation is 1. The fraction of sp³-hybridized carbons (Fsp3) is 0.316. The van der Waals surface area contributed by atoms with Gasteiger partial charge in [0.15, 0.2) is 5.82 Å². The molecule has 0 saturated carbocycles. The Balaban J connectivity index is 2.15. The van der Waals surface area contributed by atoms with E-state index in [1.165, 1.54) is 33.8 Å². The largest absolute Gasteiger partial charge is 0.416 e. The molecule has 0 aliphatic carbocycles. The lowest BCUT2D eigenvalue weighted by atomic mass is 10.1. The van der Waals surface area contributed by atoms with E-state index < -0.39 is 17.4 Å². The molecule has 2 aromatic heterocycles. The molecular weight excluding hydrogens is 393 g/mol. The second-order valence-electron chi connectivity index (χ2n) is 6.75. The molecule has 3 rings (SSSR count). The molecule has 0 unspecified atom stereocenters. The van der Waals surface area contributed by atoms with E-state index in [-0.39, 0.29) is 16.5 Å². The van der Waals surface area contributed by atoms with Gasteiger partial charge in [-0.05, 0) is 42.7 Å². The van der Waals surface area contributed by atoms with Gasteiger partial charge in [0.1, 0.15) is 0 Å². The summed E-state index contributed by atoms with van der Waals surface area (Å²) in [6.45, 7) is 4.44. The lowest BCUT2D eigenvalue weighted by Gasteiger charge is -2.09. The fourth-order valence-corrected chi connectivity index (χ4v) is 2.90. The maximum Gasteiger partial charge on any atom is 0.416 e. The second-order valence-corrected chi connectivity index (χ2v) is 7.15. The average molecular weight is 411 g/mol. The lowest BCUT2D eigenvalue weighted by Crippen LogP contribution is -2.24. The van der Waals surface area contributed by atoms with Crippen molar-refractivity contribution in [1.82, 2.24) is 19.3 Å². The van der Waals surface area contributed by atoms with E-state index in [0.717, 1.165) is 18.6 Å². The van der Waals surface area contributed by atoms with Gasteiger partial charge in [-0.2, -0.15) is 13.2 Å². The standard InChI is InChI=1S/C19H18ClF3N4O/c1-12(2)8-10-26-18(28)27(14-5-3-13(4-6-14)19(21,22)23)17(25-26)15-7-9-24-11-16(15)20/h3-7,9,11-12H,8,10H2,1-2H3. The van der Waals surface area contributed by atoms with Gasteiger partial charge in [0.2, 0.25) is 0 Å². The zero-order valence-corrected chi connectivity index (χ0v) is 16.0. The van der Waals surface area contributed by atoms with Crippen LogP contribution in [0.3, 0.4) is 0 Å². The quantitative estimate of drug-likeness (QED) is 0.606. The first kappa shape index (κ1) is 20.1. The van der Waals surface area contributed by atoms with Gasteiger partial charge in [0.05, 0.1) is 16.3 Å². The van der Waals surface area contributed by atoms with Gasteiger partial charge < -0.3 is 0 Å². The summed E-state index contributed by atoms with van der Waals surface area (Å²) in [5.41, 5.74) is -0.489. The summed E-state index contributed by atoms with van der Waals surface area (Å²) in [5, 5.41) is 4.68. The smallest absolute Gasteiger partial charge is 0.263 e. The van der Waals surface area contributed by atoms with Gasteiger partial charge in [-0.3, -0.25) is 4.98 Å². The van der Waals surface area contributed by atoms with Gasteiger partial charge in [0, 0.05) is 24.5 Å². The van der Waals surface area contributed by atoms with Crippen molar-refractivity contribution in [2.45, 2.75) is 33.0 Å². The zero-order valence-electron chi connectivity index (χ0n) is 15.2. The molecule has 0 spiro atoms. The number of hydrogen-bond acceptors (Lipinski definition) is 3. The first-order valence-electron chi connectivity index (χ1n) is 8.66. The number of alkyl halides is 3. The van der Waals surface area contributed by atoms with Crippen molar-refractivity contribution in [3.63, 3.8) is 0 Å². The summed E-state index contributed by atoms with van der Waals surface area (Å²) in [5.74, 6) is 0.608. The molecule has 0 N–H and O–H groups in total. The van der Waals surface area contributed by atoms with E-state index in [1.807, 2.05) is 13.8 Å². The molecule has 148 valence electrons. The number of benzene rings is 1. The molecule has 1 aromatic carbocycles. The summed E-state index contributed by atoms with van der Waals surface area (Å²) in [7, 11) is 0. The molecule has 0 saturated heterocycles. The molecular formula is C19H18ClF3N4O. The monoisotopic (exact) mass is 410 g/mol. The van der Waals surface area contributed by atoms with Crippen LogP contribution >= 0.6 is 11.6 Å². The lowest BCUT2D eigenvalue weighted by molar-refractivity contribution is -0.137. The van der Waals surface area contributed by atoms with Crippen molar-refractivity contribution in [1.29, 1.82) is 0 Å². The first-order chi connectivity index (χ1) is 13.2. The normalized spacial score (nSPS) is 12.0. The van der Waals surface area contributed by atoms with Crippen LogP contribution in [0, 0.1) is 5.92 Å². The Morgan fingerprint density at radius 1 is 1.14 bits per heavy atom. The third kappa shape index (κ3) is 4.11. The first-order valence-corrected chi connectivity index (χ1v) is 9.03. The minimum absolute atomic E-state index is 0.251. The summed E-state index contributed by atoms with van der Waals surface area (Å²) >= 11 is 6.22. The minimum Gasteiger partial charge on any atom is -0.263 e. The molecule has 0 amide bonds. The predicted octanol–water partition coefficient (Wildman–Crippen LogP) is 4.81. The van der Waals surface area contributed by atoms with Gasteiger partial charge >= 0.3 is 11.9 Å². The van der Waals surface area contributed by atoms with Crippen molar-refractivity contribution in [2.24, 2.45) is 5.92 Å². The highest BCUT2D eigenvalue weighted by atomic mass is 35.5. The van der Waals surface area contributed by atoms with Gasteiger partial charge in [0.25, 0.3) is 0 Å².